The minimum absolute atomic E-state index is 0.141. The Morgan fingerprint density at radius 3 is 2.50 bits per heavy atom. The lowest BCUT2D eigenvalue weighted by Gasteiger charge is -2.14. The standard InChI is InChI=1S/C9H14F3N3O/c1-14(2)3-4-15-8(9(10,11)12)7(6-16)5-13-15/h5,16H,3-4,6H2,1-2H3. The number of likely N-dealkylation sites (N-methyl/N-ethyl adjacent to an activating group) is 1. The lowest BCUT2D eigenvalue weighted by Crippen LogP contribution is -2.23. The Morgan fingerprint density at radius 1 is 1.44 bits per heavy atom. The number of halogens is 3. The number of rotatable bonds is 4. The second kappa shape index (κ2) is 4.84. The van der Waals surface area contributed by atoms with Crippen molar-refractivity contribution in [1.29, 1.82) is 0 Å². The van der Waals surface area contributed by atoms with E-state index in [1.165, 1.54) is 0 Å². The molecule has 0 aliphatic heterocycles. The highest BCUT2D eigenvalue weighted by Crippen LogP contribution is 2.31. The monoisotopic (exact) mass is 237 g/mol. The fourth-order valence-corrected chi connectivity index (χ4v) is 1.33. The van der Waals surface area contributed by atoms with Crippen LogP contribution in [0.2, 0.25) is 0 Å². The van der Waals surface area contributed by atoms with Crippen molar-refractivity contribution in [1.82, 2.24) is 14.7 Å². The largest absolute Gasteiger partial charge is 0.433 e. The van der Waals surface area contributed by atoms with Crippen molar-refractivity contribution in [3.8, 4) is 0 Å². The van der Waals surface area contributed by atoms with E-state index in [2.05, 4.69) is 5.10 Å². The van der Waals surface area contributed by atoms with E-state index in [0.29, 0.717) is 6.54 Å². The Hall–Kier alpha value is -1.08. The Labute approximate surface area is 91.3 Å². The van der Waals surface area contributed by atoms with Gasteiger partial charge in [-0.2, -0.15) is 18.3 Å². The number of aliphatic hydroxyl groups is 1. The third kappa shape index (κ3) is 2.96. The average molecular weight is 237 g/mol. The van der Waals surface area contributed by atoms with E-state index in [4.69, 9.17) is 5.11 Å². The highest BCUT2D eigenvalue weighted by atomic mass is 19.4. The number of alkyl halides is 3. The van der Waals surface area contributed by atoms with Gasteiger partial charge in [-0.1, -0.05) is 0 Å². The fourth-order valence-electron chi connectivity index (χ4n) is 1.33. The predicted molar refractivity (Wildman–Crippen MR) is 51.7 cm³/mol. The summed E-state index contributed by atoms with van der Waals surface area (Å²) < 4.78 is 38.9. The molecule has 1 rings (SSSR count). The first-order chi connectivity index (χ1) is 7.36. The van der Waals surface area contributed by atoms with Gasteiger partial charge in [0.25, 0.3) is 0 Å². The second-order valence-electron chi connectivity index (χ2n) is 3.70. The Balaban J connectivity index is 2.96. The van der Waals surface area contributed by atoms with Crippen molar-refractivity contribution >= 4 is 0 Å². The van der Waals surface area contributed by atoms with Gasteiger partial charge in [0.15, 0.2) is 0 Å². The quantitative estimate of drug-likeness (QED) is 0.847. The Morgan fingerprint density at radius 2 is 2.06 bits per heavy atom. The SMILES string of the molecule is CN(C)CCn1ncc(CO)c1C(F)(F)F. The molecule has 0 bridgehead atoms. The summed E-state index contributed by atoms with van der Waals surface area (Å²) in [4.78, 5) is 1.76. The average Bonchev–Trinajstić information content (AvgIpc) is 2.56. The van der Waals surface area contributed by atoms with Gasteiger partial charge in [0.05, 0.1) is 19.3 Å². The van der Waals surface area contributed by atoms with Crippen LogP contribution in [0.1, 0.15) is 11.3 Å². The van der Waals surface area contributed by atoms with Crippen LogP contribution in [0.25, 0.3) is 0 Å². The molecule has 0 aromatic carbocycles. The first-order valence-corrected chi connectivity index (χ1v) is 4.73. The molecule has 0 fully saturated rings. The van der Waals surface area contributed by atoms with Crippen LogP contribution < -0.4 is 0 Å². The second-order valence-corrected chi connectivity index (χ2v) is 3.70. The van der Waals surface area contributed by atoms with E-state index in [-0.39, 0.29) is 12.1 Å². The molecule has 0 saturated heterocycles. The number of hydrogen-bond acceptors (Lipinski definition) is 3. The van der Waals surface area contributed by atoms with Gasteiger partial charge in [-0.05, 0) is 14.1 Å². The first kappa shape index (κ1) is 13.0. The van der Waals surface area contributed by atoms with Crippen molar-refractivity contribution in [3.63, 3.8) is 0 Å². The lowest BCUT2D eigenvalue weighted by molar-refractivity contribution is -0.145. The van der Waals surface area contributed by atoms with E-state index in [1.54, 1.807) is 19.0 Å². The maximum absolute atomic E-state index is 12.7. The van der Waals surface area contributed by atoms with Crippen molar-refractivity contribution in [2.24, 2.45) is 0 Å². The normalized spacial score (nSPS) is 12.4. The molecule has 1 aromatic rings. The summed E-state index contributed by atoms with van der Waals surface area (Å²) in [6.45, 7) is -0.0612. The van der Waals surface area contributed by atoms with Crippen LogP contribution in [-0.4, -0.2) is 40.4 Å². The number of aliphatic hydroxyl groups excluding tert-OH is 1. The summed E-state index contributed by atoms with van der Waals surface area (Å²) in [5.74, 6) is 0. The summed E-state index contributed by atoms with van der Waals surface area (Å²) in [5, 5.41) is 12.4. The summed E-state index contributed by atoms with van der Waals surface area (Å²) >= 11 is 0. The van der Waals surface area contributed by atoms with Crippen molar-refractivity contribution in [2.45, 2.75) is 19.3 Å². The maximum atomic E-state index is 12.7. The van der Waals surface area contributed by atoms with Gasteiger partial charge >= 0.3 is 6.18 Å². The molecule has 0 aliphatic carbocycles. The van der Waals surface area contributed by atoms with Gasteiger partial charge in [0.1, 0.15) is 5.69 Å². The molecule has 0 aliphatic rings. The first-order valence-electron chi connectivity index (χ1n) is 4.73. The van der Waals surface area contributed by atoms with Crippen LogP contribution in [0.15, 0.2) is 6.20 Å². The highest BCUT2D eigenvalue weighted by molar-refractivity contribution is 5.19. The molecule has 0 spiro atoms. The third-order valence-electron chi connectivity index (χ3n) is 2.11. The van der Waals surface area contributed by atoms with Crippen LogP contribution in [0, 0.1) is 0 Å². The van der Waals surface area contributed by atoms with Crippen LogP contribution >= 0.6 is 0 Å². The van der Waals surface area contributed by atoms with Gasteiger partial charge in [-0.3, -0.25) is 4.68 Å². The molecule has 7 heteroatoms. The van der Waals surface area contributed by atoms with Crippen molar-refractivity contribution < 1.29 is 18.3 Å². The minimum Gasteiger partial charge on any atom is -0.392 e. The van der Waals surface area contributed by atoms with E-state index < -0.39 is 18.5 Å². The molecule has 0 radical (unpaired) electrons. The van der Waals surface area contributed by atoms with Crippen molar-refractivity contribution in [3.05, 3.63) is 17.5 Å². The van der Waals surface area contributed by atoms with Crippen LogP contribution in [-0.2, 0) is 19.3 Å². The summed E-state index contributed by atoms with van der Waals surface area (Å²) in [7, 11) is 3.54. The molecule has 92 valence electrons. The van der Waals surface area contributed by atoms with Crippen LogP contribution in [0.4, 0.5) is 13.2 Å². The molecule has 0 amide bonds. The summed E-state index contributed by atoms with van der Waals surface area (Å²) in [6, 6.07) is 0. The molecule has 0 atom stereocenters. The number of aromatic nitrogens is 2. The van der Waals surface area contributed by atoms with Crippen LogP contribution in [0.5, 0.6) is 0 Å². The van der Waals surface area contributed by atoms with Gasteiger partial charge in [0, 0.05) is 12.1 Å². The lowest BCUT2D eigenvalue weighted by atomic mass is 10.2. The van der Waals surface area contributed by atoms with Crippen LogP contribution in [0.3, 0.4) is 0 Å². The zero-order valence-electron chi connectivity index (χ0n) is 9.12. The summed E-state index contributed by atoms with van der Waals surface area (Å²) in [6.07, 6.45) is -3.43. The van der Waals surface area contributed by atoms with Crippen molar-refractivity contribution in [2.75, 3.05) is 20.6 Å². The number of nitrogens with zero attached hydrogens (tertiary/aromatic N) is 3. The van der Waals surface area contributed by atoms with E-state index >= 15 is 0 Å². The van der Waals surface area contributed by atoms with E-state index in [1.807, 2.05) is 0 Å². The Bertz CT molecular complexity index is 346. The molecule has 1 aromatic heterocycles. The molecule has 4 nitrogen and oxygen atoms in total. The topological polar surface area (TPSA) is 41.3 Å². The fraction of sp³-hybridized carbons (Fsp3) is 0.667. The van der Waals surface area contributed by atoms with Gasteiger partial charge < -0.3 is 10.0 Å². The molecule has 1 N–H and O–H groups in total. The molecular weight excluding hydrogens is 223 g/mol. The number of hydrogen-bond donors (Lipinski definition) is 1. The van der Waals surface area contributed by atoms with Gasteiger partial charge in [0.2, 0.25) is 0 Å². The minimum atomic E-state index is -4.49. The third-order valence-corrected chi connectivity index (χ3v) is 2.11. The molecule has 1 heterocycles. The summed E-state index contributed by atoms with van der Waals surface area (Å²) in [5.41, 5.74) is -1.05. The zero-order chi connectivity index (χ0) is 12.3. The smallest absolute Gasteiger partial charge is 0.392 e. The molecule has 0 unspecified atom stereocenters. The Kier molecular flexibility index (Phi) is 3.93. The molecular formula is C9H14F3N3O. The van der Waals surface area contributed by atoms with E-state index in [9.17, 15) is 13.2 Å². The highest BCUT2D eigenvalue weighted by Gasteiger charge is 2.37. The maximum Gasteiger partial charge on any atom is 0.433 e. The van der Waals surface area contributed by atoms with Gasteiger partial charge in [-0.25, -0.2) is 0 Å². The predicted octanol–water partition coefficient (Wildman–Crippen LogP) is 0.956. The molecule has 16 heavy (non-hydrogen) atoms. The molecule has 0 saturated carbocycles. The van der Waals surface area contributed by atoms with E-state index in [0.717, 1.165) is 10.9 Å². The zero-order valence-corrected chi connectivity index (χ0v) is 9.12. The van der Waals surface area contributed by atoms with Gasteiger partial charge in [-0.15, -0.1) is 0 Å².